The number of morpholine rings is 1. The standard InChI is InChI=1S/C20H28N2O4/c1-3-15-4-6-16(7-5-15)17-12-18(19(23)25-2)14-22(13-17)20(24)21-8-10-26-11-9-21/h4-7,17-18H,3,8-14H2,1-2H3. The Morgan fingerprint density at radius 1 is 1.12 bits per heavy atom. The zero-order chi connectivity index (χ0) is 18.5. The Morgan fingerprint density at radius 3 is 2.42 bits per heavy atom. The van der Waals surface area contributed by atoms with Crippen LogP contribution in [-0.4, -0.2) is 68.3 Å². The normalized spacial score (nSPS) is 23.6. The van der Waals surface area contributed by atoms with E-state index >= 15 is 0 Å². The number of piperidine rings is 1. The fourth-order valence-corrected chi connectivity index (χ4v) is 3.81. The van der Waals surface area contributed by atoms with Crippen LogP contribution in [0.4, 0.5) is 4.79 Å². The van der Waals surface area contributed by atoms with E-state index in [0.29, 0.717) is 45.8 Å². The maximum atomic E-state index is 12.9. The van der Waals surface area contributed by atoms with Crippen LogP contribution in [0.1, 0.15) is 30.4 Å². The average Bonchev–Trinajstić information content (AvgIpc) is 2.73. The molecule has 6 heteroatoms. The first-order chi connectivity index (χ1) is 12.6. The van der Waals surface area contributed by atoms with Gasteiger partial charge in [-0.1, -0.05) is 31.2 Å². The first kappa shape index (κ1) is 18.7. The topological polar surface area (TPSA) is 59.1 Å². The van der Waals surface area contributed by atoms with Crippen LogP contribution in [-0.2, 0) is 20.7 Å². The lowest BCUT2D eigenvalue weighted by Gasteiger charge is -2.40. The third-order valence-electron chi connectivity index (χ3n) is 5.40. The van der Waals surface area contributed by atoms with Gasteiger partial charge in [-0.3, -0.25) is 4.79 Å². The Hall–Kier alpha value is -2.08. The Kier molecular flexibility index (Phi) is 6.14. The predicted molar refractivity (Wildman–Crippen MR) is 98.0 cm³/mol. The van der Waals surface area contributed by atoms with E-state index < -0.39 is 0 Å². The van der Waals surface area contributed by atoms with Gasteiger partial charge in [-0.15, -0.1) is 0 Å². The van der Waals surface area contributed by atoms with Crippen molar-refractivity contribution >= 4 is 12.0 Å². The van der Waals surface area contributed by atoms with E-state index in [1.807, 2.05) is 9.80 Å². The first-order valence-electron chi connectivity index (χ1n) is 9.40. The summed E-state index contributed by atoms with van der Waals surface area (Å²) in [6, 6.07) is 8.51. The molecule has 2 unspecified atom stereocenters. The van der Waals surface area contributed by atoms with Crippen LogP contribution in [0.3, 0.4) is 0 Å². The minimum Gasteiger partial charge on any atom is -0.469 e. The van der Waals surface area contributed by atoms with Crippen LogP contribution < -0.4 is 0 Å². The summed E-state index contributed by atoms with van der Waals surface area (Å²) in [5.41, 5.74) is 2.46. The Bertz CT molecular complexity index is 625. The van der Waals surface area contributed by atoms with Gasteiger partial charge in [0.2, 0.25) is 0 Å². The predicted octanol–water partition coefficient (Wildman–Crippen LogP) is 2.28. The summed E-state index contributed by atoms with van der Waals surface area (Å²) in [5.74, 6) is -0.377. The van der Waals surface area contributed by atoms with E-state index in [-0.39, 0.29) is 23.8 Å². The van der Waals surface area contributed by atoms with Crippen LogP contribution >= 0.6 is 0 Å². The van der Waals surface area contributed by atoms with E-state index in [1.54, 1.807) is 0 Å². The molecule has 0 N–H and O–H groups in total. The zero-order valence-electron chi connectivity index (χ0n) is 15.6. The maximum absolute atomic E-state index is 12.9. The molecular formula is C20H28N2O4. The molecule has 3 rings (SSSR count). The number of benzene rings is 1. The van der Waals surface area contributed by atoms with E-state index in [1.165, 1.54) is 18.2 Å². The highest BCUT2D eigenvalue weighted by Gasteiger charge is 2.36. The number of aryl methyl sites for hydroxylation is 1. The molecule has 0 bridgehead atoms. The summed E-state index contributed by atoms with van der Waals surface area (Å²) < 4.78 is 10.3. The minimum atomic E-state index is -0.283. The number of carbonyl (C=O) groups is 2. The second kappa shape index (κ2) is 8.54. The Morgan fingerprint density at radius 2 is 1.81 bits per heavy atom. The number of ether oxygens (including phenoxy) is 2. The van der Waals surface area contributed by atoms with Crippen LogP contribution in [0.5, 0.6) is 0 Å². The number of esters is 1. The average molecular weight is 360 g/mol. The van der Waals surface area contributed by atoms with Crippen molar-refractivity contribution in [2.75, 3.05) is 46.5 Å². The van der Waals surface area contributed by atoms with Crippen molar-refractivity contribution in [2.45, 2.75) is 25.7 Å². The number of nitrogens with zero attached hydrogens (tertiary/aromatic N) is 2. The van der Waals surface area contributed by atoms with Gasteiger partial charge < -0.3 is 19.3 Å². The first-order valence-corrected chi connectivity index (χ1v) is 9.40. The number of carbonyl (C=O) groups excluding carboxylic acids is 2. The third-order valence-corrected chi connectivity index (χ3v) is 5.40. The second-order valence-electron chi connectivity index (χ2n) is 7.03. The molecule has 1 aromatic rings. The highest BCUT2D eigenvalue weighted by Crippen LogP contribution is 2.32. The number of likely N-dealkylation sites (tertiary alicyclic amines) is 1. The van der Waals surface area contributed by atoms with E-state index in [0.717, 1.165) is 6.42 Å². The number of methoxy groups -OCH3 is 1. The van der Waals surface area contributed by atoms with Crippen molar-refractivity contribution in [2.24, 2.45) is 5.92 Å². The number of urea groups is 1. The zero-order valence-corrected chi connectivity index (χ0v) is 15.6. The molecule has 0 radical (unpaired) electrons. The van der Waals surface area contributed by atoms with Crippen molar-refractivity contribution in [1.29, 1.82) is 0 Å². The summed E-state index contributed by atoms with van der Waals surface area (Å²) in [5, 5.41) is 0. The molecule has 2 aliphatic heterocycles. The fraction of sp³-hybridized carbons (Fsp3) is 0.600. The lowest BCUT2D eigenvalue weighted by atomic mass is 9.84. The lowest BCUT2D eigenvalue weighted by molar-refractivity contribution is -0.147. The van der Waals surface area contributed by atoms with Gasteiger partial charge in [-0.05, 0) is 24.0 Å². The molecule has 26 heavy (non-hydrogen) atoms. The molecule has 2 heterocycles. The van der Waals surface area contributed by atoms with E-state index in [2.05, 4.69) is 31.2 Å². The highest BCUT2D eigenvalue weighted by molar-refractivity contribution is 5.77. The molecule has 6 nitrogen and oxygen atoms in total. The molecule has 0 spiro atoms. The van der Waals surface area contributed by atoms with Gasteiger partial charge in [0.15, 0.2) is 0 Å². The van der Waals surface area contributed by atoms with Gasteiger partial charge >= 0.3 is 12.0 Å². The molecule has 2 saturated heterocycles. The van der Waals surface area contributed by atoms with Gasteiger partial charge in [0.25, 0.3) is 0 Å². The van der Waals surface area contributed by atoms with Crippen LogP contribution in [0.25, 0.3) is 0 Å². The molecular weight excluding hydrogens is 332 g/mol. The van der Waals surface area contributed by atoms with Gasteiger partial charge in [0.1, 0.15) is 0 Å². The third kappa shape index (κ3) is 4.18. The second-order valence-corrected chi connectivity index (χ2v) is 7.03. The van der Waals surface area contributed by atoms with Gasteiger partial charge in [-0.2, -0.15) is 0 Å². The molecule has 2 fully saturated rings. The molecule has 0 aromatic heterocycles. The SMILES string of the molecule is CCc1ccc(C2CC(C(=O)OC)CN(C(=O)N3CCOCC3)C2)cc1. The summed E-state index contributed by atoms with van der Waals surface area (Å²) in [7, 11) is 1.41. The monoisotopic (exact) mass is 360 g/mol. The van der Waals surface area contributed by atoms with Crippen LogP contribution in [0.15, 0.2) is 24.3 Å². The maximum Gasteiger partial charge on any atom is 0.320 e. The molecule has 0 saturated carbocycles. The van der Waals surface area contributed by atoms with Crippen LogP contribution in [0.2, 0.25) is 0 Å². The number of amides is 2. The summed E-state index contributed by atoms with van der Waals surface area (Å²) in [4.78, 5) is 28.8. The van der Waals surface area contributed by atoms with Crippen LogP contribution in [0, 0.1) is 5.92 Å². The van der Waals surface area contributed by atoms with Crippen molar-refractivity contribution in [1.82, 2.24) is 9.80 Å². The van der Waals surface area contributed by atoms with Gasteiger partial charge in [0.05, 0.1) is 26.2 Å². The molecule has 142 valence electrons. The van der Waals surface area contributed by atoms with Crippen molar-refractivity contribution < 1.29 is 19.1 Å². The molecule has 1 aromatic carbocycles. The van der Waals surface area contributed by atoms with Gasteiger partial charge in [0, 0.05) is 32.1 Å². The number of hydrogen-bond acceptors (Lipinski definition) is 4. The smallest absolute Gasteiger partial charge is 0.320 e. The van der Waals surface area contributed by atoms with Crippen molar-refractivity contribution in [3.8, 4) is 0 Å². The van der Waals surface area contributed by atoms with Crippen molar-refractivity contribution in [3.05, 3.63) is 35.4 Å². The summed E-state index contributed by atoms with van der Waals surface area (Å²) in [6.45, 7) is 5.54. The molecule has 0 aliphatic carbocycles. The number of hydrogen-bond donors (Lipinski definition) is 0. The Labute approximate surface area is 155 Å². The summed E-state index contributed by atoms with van der Waals surface area (Å²) >= 11 is 0. The van der Waals surface area contributed by atoms with E-state index in [4.69, 9.17) is 9.47 Å². The summed E-state index contributed by atoms with van der Waals surface area (Å²) in [6.07, 6.45) is 1.71. The quantitative estimate of drug-likeness (QED) is 0.776. The minimum absolute atomic E-state index is 0.00270. The van der Waals surface area contributed by atoms with E-state index in [9.17, 15) is 9.59 Å². The molecule has 2 aliphatic rings. The lowest BCUT2D eigenvalue weighted by Crippen LogP contribution is -2.53. The molecule has 2 amide bonds. The largest absolute Gasteiger partial charge is 0.469 e. The fourth-order valence-electron chi connectivity index (χ4n) is 3.81. The Balaban J connectivity index is 1.77. The van der Waals surface area contributed by atoms with Gasteiger partial charge in [-0.25, -0.2) is 4.79 Å². The van der Waals surface area contributed by atoms with Crippen molar-refractivity contribution in [3.63, 3.8) is 0 Å². The number of rotatable bonds is 3. The molecule has 2 atom stereocenters. The highest BCUT2D eigenvalue weighted by atomic mass is 16.5.